The van der Waals surface area contributed by atoms with Gasteiger partial charge in [0.05, 0.1) is 0 Å². The second kappa shape index (κ2) is 9.09. The number of carbonyl (C=O) groups is 1. The average molecular weight is 406 g/mol. The third-order valence-electron chi connectivity index (χ3n) is 5.37. The Balaban J connectivity index is 1.21. The van der Waals surface area contributed by atoms with Crippen molar-refractivity contribution < 1.29 is 9.32 Å². The van der Waals surface area contributed by atoms with E-state index in [2.05, 4.69) is 56.4 Å². The third-order valence-corrected chi connectivity index (χ3v) is 5.37. The van der Waals surface area contributed by atoms with Crippen molar-refractivity contribution in [3.63, 3.8) is 0 Å². The summed E-state index contributed by atoms with van der Waals surface area (Å²) in [6.45, 7) is 9.41. The zero-order valence-corrected chi connectivity index (χ0v) is 17.5. The number of hydrogen-bond acceptors (Lipinski definition) is 6. The van der Waals surface area contributed by atoms with Crippen LogP contribution in [0.2, 0.25) is 0 Å². The average Bonchev–Trinajstić information content (AvgIpc) is 3.20. The number of amides is 1. The molecule has 0 radical (unpaired) electrons. The molecule has 1 saturated heterocycles. The third kappa shape index (κ3) is 4.86. The van der Waals surface area contributed by atoms with E-state index in [9.17, 15) is 4.79 Å². The Bertz CT molecular complexity index is 991. The maximum Gasteiger partial charge on any atom is 0.257 e. The van der Waals surface area contributed by atoms with Crippen LogP contribution < -0.4 is 10.2 Å². The van der Waals surface area contributed by atoms with E-state index in [-0.39, 0.29) is 5.91 Å². The van der Waals surface area contributed by atoms with Gasteiger partial charge in [0.2, 0.25) is 0 Å². The number of nitrogens with zero attached hydrogens (tertiary/aromatic N) is 4. The lowest BCUT2D eigenvalue weighted by molar-refractivity contribution is 0.0948. The Morgan fingerprint density at radius 2 is 1.83 bits per heavy atom. The maximum atomic E-state index is 12.4. The summed E-state index contributed by atoms with van der Waals surface area (Å²) >= 11 is 0. The highest BCUT2D eigenvalue weighted by Crippen LogP contribution is 2.18. The second-order valence-corrected chi connectivity index (χ2v) is 7.65. The predicted octanol–water partition coefficient (Wildman–Crippen LogP) is 2.91. The van der Waals surface area contributed by atoms with Crippen LogP contribution in [0.15, 0.2) is 53.1 Å². The molecule has 1 aromatic heterocycles. The Hall–Kier alpha value is -3.19. The van der Waals surface area contributed by atoms with Crippen molar-refractivity contribution >= 4 is 11.6 Å². The molecule has 0 spiro atoms. The fourth-order valence-corrected chi connectivity index (χ4v) is 3.66. The zero-order valence-electron chi connectivity index (χ0n) is 17.5. The predicted molar refractivity (Wildman–Crippen MR) is 117 cm³/mol. The lowest BCUT2D eigenvalue weighted by Crippen LogP contribution is -2.48. The minimum Gasteiger partial charge on any atom is -0.369 e. The molecule has 4 rings (SSSR count). The number of nitrogens with one attached hydrogen (secondary N) is 1. The monoisotopic (exact) mass is 405 g/mol. The highest BCUT2D eigenvalue weighted by Gasteiger charge is 2.17. The fraction of sp³-hybridized carbons (Fsp3) is 0.348. The first-order valence-corrected chi connectivity index (χ1v) is 10.3. The molecule has 7 heteroatoms. The Labute approximate surface area is 176 Å². The van der Waals surface area contributed by atoms with Crippen molar-refractivity contribution in [1.29, 1.82) is 0 Å². The lowest BCUT2D eigenvalue weighted by atomic mass is 10.1. The Morgan fingerprint density at radius 1 is 1.07 bits per heavy atom. The topological polar surface area (TPSA) is 74.5 Å². The summed E-state index contributed by atoms with van der Waals surface area (Å²) in [5, 5.41) is 6.80. The summed E-state index contributed by atoms with van der Waals surface area (Å²) < 4.78 is 5.15. The van der Waals surface area contributed by atoms with Gasteiger partial charge in [0, 0.05) is 56.1 Å². The zero-order chi connectivity index (χ0) is 20.9. The SMILES string of the molecule is Cc1cccc(N2CCN(CCNC(=O)c3ccc(-c4nc(C)no4)cc3)CC2)c1. The highest BCUT2D eigenvalue weighted by molar-refractivity contribution is 5.94. The molecule has 3 aromatic rings. The minimum atomic E-state index is -0.0679. The van der Waals surface area contributed by atoms with Crippen LogP contribution in [-0.2, 0) is 0 Å². The summed E-state index contributed by atoms with van der Waals surface area (Å²) in [6.07, 6.45) is 0. The van der Waals surface area contributed by atoms with Crippen LogP contribution in [0.1, 0.15) is 21.7 Å². The Morgan fingerprint density at radius 3 is 2.50 bits per heavy atom. The van der Waals surface area contributed by atoms with Gasteiger partial charge in [-0.2, -0.15) is 4.98 Å². The van der Waals surface area contributed by atoms with Crippen LogP contribution in [0, 0.1) is 13.8 Å². The smallest absolute Gasteiger partial charge is 0.257 e. The molecule has 1 fully saturated rings. The summed E-state index contributed by atoms with van der Waals surface area (Å²) in [6, 6.07) is 15.9. The number of hydrogen-bond donors (Lipinski definition) is 1. The minimum absolute atomic E-state index is 0.0679. The van der Waals surface area contributed by atoms with Crippen molar-refractivity contribution in [2.24, 2.45) is 0 Å². The largest absolute Gasteiger partial charge is 0.369 e. The summed E-state index contributed by atoms with van der Waals surface area (Å²) in [5.41, 5.74) is 4.01. The number of anilines is 1. The maximum absolute atomic E-state index is 12.4. The fourth-order valence-electron chi connectivity index (χ4n) is 3.66. The van der Waals surface area contributed by atoms with E-state index in [1.807, 2.05) is 12.1 Å². The molecule has 2 heterocycles. The van der Waals surface area contributed by atoms with E-state index in [4.69, 9.17) is 4.52 Å². The van der Waals surface area contributed by atoms with Gasteiger partial charge in [-0.05, 0) is 55.8 Å². The highest BCUT2D eigenvalue weighted by atomic mass is 16.5. The first kappa shape index (κ1) is 20.1. The van der Waals surface area contributed by atoms with E-state index in [0.29, 0.717) is 23.8 Å². The molecule has 0 saturated carbocycles. The van der Waals surface area contributed by atoms with Gasteiger partial charge in [-0.3, -0.25) is 9.69 Å². The molecule has 156 valence electrons. The van der Waals surface area contributed by atoms with Crippen LogP contribution in [0.4, 0.5) is 5.69 Å². The quantitative estimate of drug-likeness (QED) is 0.680. The van der Waals surface area contributed by atoms with Gasteiger partial charge in [-0.1, -0.05) is 17.3 Å². The van der Waals surface area contributed by atoms with E-state index in [1.54, 1.807) is 19.1 Å². The van der Waals surface area contributed by atoms with Gasteiger partial charge in [0.25, 0.3) is 11.8 Å². The summed E-state index contributed by atoms with van der Waals surface area (Å²) in [4.78, 5) is 21.4. The molecule has 1 aliphatic rings. The number of benzene rings is 2. The molecular formula is C23H27N5O2. The molecule has 1 aliphatic heterocycles. The molecule has 1 amide bonds. The van der Waals surface area contributed by atoms with Crippen molar-refractivity contribution in [3.8, 4) is 11.5 Å². The molecule has 0 unspecified atom stereocenters. The molecule has 2 aromatic carbocycles. The number of rotatable bonds is 6. The van der Waals surface area contributed by atoms with Crippen LogP contribution in [0.25, 0.3) is 11.5 Å². The number of aromatic nitrogens is 2. The number of carbonyl (C=O) groups excluding carboxylic acids is 1. The van der Waals surface area contributed by atoms with Crippen LogP contribution in [0.3, 0.4) is 0 Å². The van der Waals surface area contributed by atoms with Crippen LogP contribution in [-0.4, -0.2) is 60.2 Å². The van der Waals surface area contributed by atoms with Crippen molar-refractivity contribution in [3.05, 3.63) is 65.5 Å². The molecule has 30 heavy (non-hydrogen) atoms. The number of piperazine rings is 1. The normalized spacial score (nSPS) is 14.7. The van der Waals surface area contributed by atoms with Gasteiger partial charge in [0.1, 0.15) is 0 Å². The first-order valence-electron chi connectivity index (χ1n) is 10.3. The van der Waals surface area contributed by atoms with Crippen molar-refractivity contribution in [2.45, 2.75) is 13.8 Å². The van der Waals surface area contributed by atoms with E-state index in [1.165, 1.54) is 11.3 Å². The van der Waals surface area contributed by atoms with Gasteiger partial charge >= 0.3 is 0 Å². The lowest BCUT2D eigenvalue weighted by Gasteiger charge is -2.36. The Kier molecular flexibility index (Phi) is 6.09. The van der Waals surface area contributed by atoms with Crippen LogP contribution in [0.5, 0.6) is 0 Å². The standard InChI is InChI=1S/C23H27N5O2/c1-17-4-3-5-21(16-17)28-14-12-27(13-15-28)11-10-24-22(29)19-6-8-20(9-7-19)23-25-18(2)26-30-23/h3-9,16H,10-15H2,1-2H3,(H,24,29). The molecule has 0 bridgehead atoms. The first-order chi connectivity index (χ1) is 14.6. The van der Waals surface area contributed by atoms with Gasteiger partial charge < -0.3 is 14.7 Å². The van der Waals surface area contributed by atoms with Crippen LogP contribution >= 0.6 is 0 Å². The van der Waals surface area contributed by atoms with Gasteiger partial charge in [0.15, 0.2) is 5.82 Å². The van der Waals surface area contributed by atoms with Gasteiger partial charge in [-0.15, -0.1) is 0 Å². The summed E-state index contributed by atoms with van der Waals surface area (Å²) in [5.74, 6) is 0.984. The van der Waals surface area contributed by atoms with Crippen molar-refractivity contribution in [1.82, 2.24) is 20.4 Å². The number of aryl methyl sites for hydroxylation is 2. The van der Waals surface area contributed by atoms with E-state index in [0.717, 1.165) is 38.3 Å². The molecule has 1 N–H and O–H groups in total. The van der Waals surface area contributed by atoms with Gasteiger partial charge in [-0.25, -0.2) is 0 Å². The molecular weight excluding hydrogens is 378 g/mol. The van der Waals surface area contributed by atoms with E-state index < -0.39 is 0 Å². The summed E-state index contributed by atoms with van der Waals surface area (Å²) in [7, 11) is 0. The molecule has 0 aliphatic carbocycles. The molecule has 7 nitrogen and oxygen atoms in total. The van der Waals surface area contributed by atoms with E-state index >= 15 is 0 Å². The van der Waals surface area contributed by atoms with Crippen molar-refractivity contribution in [2.75, 3.05) is 44.2 Å². The second-order valence-electron chi connectivity index (χ2n) is 7.65. The molecule has 0 atom stereocenters.